The quantitative estimate of drug-likeness (QED) is 0.456. The molecule has 1 aliphatic rings. The topological polar surface area (TPSA) is 140 Å². The Morgan fingerprint density at radius 1 is 1.00 bits per heavy atom. The lowest BCUT2D eigenvalue weighted by Crippen LogP contribution is -2.20. The molecule has 7 nitrogen and oxygen atoms in total. The van der Waals surface area contributed by atoms with E-state index in [0.717, 1.165) is 24.7 Å². The smallest absolute Gasteiger partial charge is 0.231 e. The van der Waals surface area contributed by atoms with Crippen LogP contribution in [0.5, 0.6) is 0 Å². The van der Waals surface area contributed by atoms with Gasteiger partial charge in [-0.25, -0.2) is 30.6 Å². The Kier molecular flexibility index (Phi) is 15.6. The molecule has 3 N–H and O–H groups in total. The van der Waals surface area contributed by atoms with E-state index in [-0.39, 0.29) is 11.2 Å². The highest BCUT2D eigenvalue weighted by Crippen LogP contribution is 2.32. The molecule has 0 saturated carbocycles. The lowest BCUT2D eigenvalue weighted by atomic mass is 9.77. The lowest BCUT2D eigenvalue weighted by Gasteiger charge is -2.27. The largest absolute Gasteiger partial charge is 0.295 e. The molecule has 0 unspecified atom stereocenters. The van der Waals surface area contributed by atoms with Crippen molar-refractivity contribution in [2.75, 3.05) is 0 Å². The Morgan fingerprint density at radius 2 is 1.32 bits per heavy atom. The molecule has 0 aromatic carbocycles. The van der Waals surface area contributed by atoms with E-state index < -0.39 is 0 Å². The van der Waals surface area contributed by atoms with E-state index in [1.54, 1.807) is 6.08 Å². The van der Waals surface area contributed by atoms with Gasteiger partial charge in [0, 0.05) is 6.42 Å². The molecule has 0 bridgehead atoms. The van der Waals surface area contributed by atoms with Gasteiger partial charge in [-0.2, -0.15) is 0 Å². The number of carbonyl (C=O) groups is 1. The van der Waals surface area contributed by atoms with Crippen molar-refractivity contribution in [1.29, 1.82) is 16.2 Å². The highest BCUT2D eigenvalue weighted by molar-refractivity contribution is 5.91. The van der Waals surface area contributed by atoms with Crippen molar-refractivity contribution in [3.63, 3.8) is 0 Å². The number of ketones is 1. The summed E-state index contributed by atoms with van der Waals surface area (Å²) in [6, 6.07) is 0. The first-order chi connectivity index (χ1) is 8.74. The van der Waals surface area contributed by atoms with Crippen molar-refractivity contribution >= 4 is 24.0 Å². The first-order valence-corrected chi connectivity index (χ1v) is 5.06. The Morgan fingerprint density at radius 3 is 1.53 bits per heavy atom. The van der Waals surface area contributed by atoms with E-state index in [9.17, 15) is 4.79 Å². The van der Waals surface area contributed by atoms with E-state index in [0.29, 0.717) is 6.42 Å². The van der Waals surface area contributed by atoms with Gasteiger partial charge in [-0.05, 0) is 24.8 Å². The maximum atomic E-state index is 11.0. The third-order valence-electron chi connectivity index (χ3n) is 1.82. The fraction of sp³-hybridized carbons (Fsp3) is 0.500. The minimum absolute atomic E-state index is 0.204. The normalized spacial score (nSPS) is 14.1. The molecule has 0 heterocycles. The summed E-state index contributed by atoms with van der Waals surface area (Å²) in [5, 5.41) is 16.2. The molecule has 0 aliphatic heterocycles. The Balaban J connectivity index is -0.000000238. The lowest BCUT2D eigenvalue weighted by molar-refractivity contribution is -0.117. The Hall–Kier alpha value is -2.45. The van der Waals surface area contributed by atoms with Gasteiger partial charge in [0.2, 0.25) is 18.2 Å². The second-order valence-electron chi connectivity index (χ2n) is 4.28. The van der Waals surface area contributed by atoms with Crippen molar-refractivity contribution in [1.82, 2.24) is 0 Å². The fourth-order valence-corrected chi connectivity index (χ4v) is 1.67. The highest BCUT2D eigenvalue weighted by Gasteiger charge is 2.25. The van der Waals surface area contributed by atoms with Crippen LogP contribution in [-0.2, 0) is 19.2 Å². The summed E-state index contributed by atoms with van der Waals surface area (Å²) in [4.78, 5) is 36.1. The van der Waals surface area contributed by atoms with Crippen molar-refractivity contribution in [2.45, 2.75) is 33.6 Å². The molecule has 1 aliphatic carbocycles. The summed E-state index contributed by atoms with van der Waals surface area (Å²) in [6.45, 7) is 6.31. The molecule has 0 aromatic rings. The third kappa shape index (κ3) is 21.4. The first-order valence-electron chi connectivity index (χ1n) is 5.06. The van der Waals surface area contributed by atoms with Gasteiger partial charge < -0.3 is 0 Å². The zero-order valence-corrected chi connectivity index (χ0v) is 11.1. The van der Waals surface area contributed by atoms with Crippen molar-refractivity contribution < 1.29 is 19.2 Å². The van der Waals surface area contributed by atoms with Gasteiger partial charge >= 0.3 is 0 Å². The van der Waals surface area contributed by atoms with E-state index in [2.05, 4.69) is 13.8 Å². The summed E-state index contributed by atoms with van der Waals surface area (Å²) in [6.07, 6.45) is 5.80. The second kappa shape index (κ2) is 13.6. The maximum absolute atomic E-state index is 11.0. The van der Waals surface area contributed by atoms with Crippen LogP contribution in [0.15, 0.2) is 11.6 Å². The zero-order valence-electron chi connectivity index (χ0n) is 11.1. The molecule has 104 valence electrons. The van der Waals surface area contributed by atoms with Gasteiger partial charge in [0.15, 0.2) is 5.78 Å². The third-order valence-corrected chi connectivity index (χ3v) is 1.82. The Bertz CT molecular complexity index is 378. The molecule has 0 fully saturated rings. The highest BCUT2D eigenvalue weighted by atomic mass is 16.1. The predicted molar refractivity (Wildman–Crippen MR) is 67.0 cm³/mol. The van der Waals surface area contributed by atoms with E-state index in [1.807, 2.05) is 6.92 Å². The van der Waals surface area contributed by atoms with Crippen LogP contribution in [0.25, 0.3) is 0 Å². The SMILES string of the molecule is CC1=CC(=O)CC(C)(C)C1.N=C=O.N=C=O.N=C=O. The average Bonchev–Trinajstić information content (AvgIpc) is 2.16. The number of hydrogen-bond donors (Lipinski definition) is 3. The summed E-state index contributed by atoms with van der Waals surface area (Å²) in [5.74, 6) is 0.286. The monoisotopic (exact) mass is 267 g/mol. The Labute approximate surface area is 111 Å². The van der Waals surface area contributed by atoms with Gasteiger partial charge in [-0.15, -0.1) is 0 Å². The number of nitrogens with one attached hydrogen (secondary N) is 3. The van der Waals surface area contributed by atoms with Gasteiger partial charge in [0.25, 0.3) is 0 Å². The predicted octanol–water partition coefficient (Wildman–Crippen LogP) is 2.02. The second-order valence-corrected chi connectivity index (χ2v) is 4.28. The van der Waals surface area contributed by atoms with Crippen LogP contribution in [0.2, 0.25) is 0 Å². The molecule has 0 amide bonds. The molecule has 0 atom stereocenters. The van der Waals surface area contributed by atoms with E-state index in [1.165, 1.54) is 5.57 Å². The van der Waals surface area contributed by atoms with Crippen LogP contribution in [0, 0.1) is 21.6 Å². The summed E-state index contributed by atoms with van der Waals surface area (Å²) in [5.41, 5.74) is 1.43. The summed E-state index contributed by atoms with van der Waals surface area (Å²) >= 11 is 0. The van der Waals surface area contributed by atoms with Gasteiger partial charge in [-0.1, -0.05) is 19.4 Å². The minimum atomic E-state index is 0.204. The molecular weight excluding hydrogens is 250 g/mol. The van der Waals surface area contributed by atoms with Gasteiger partial charge in [0.05, 0.1) is 0 Å². The van der Waals surface area contributed by atoms with Crippen LogP contribution in [-0.4, -0.2) is 24.0 Å². The first kappa shape index (κ1) is 21.8. The molecule has 0 saturated heterocycles. The number of carbonyl (C=O) groups excluding carboxylic acids is 4. The fourth-order valence-electron chi connectivity index (χ4n) is 1.67. The van der Waals surface area contributed by atoms with Crippen LogP contribution in [0.1, 0.15) is 33.6 Å². The molecule has 0 spiro atoms. The van der Waals surface area contributed by atoms with Crippen molar-refractivity contribution in [2.24, 2.45) is 5.41 Å². The standard InChI is InChI=1S/C9H14O.3CHNO/c1-7-4-8(10)6-9(2,3)5-7;3*2-1-3/h4H,5-6H2,1-3H3;3*2H. The average molecular weight is 267 g/mol. The van der Waals surface area contributed by atoms with Crippen molar-refractivity contribution in [3.8, 4) is 0 Å². The van der Waals surface area contributed by atoms with E-state index >= 15 is 0 Å². The van der Waals surface area contributed by atoms with E-state index in [4.69, 9.17) is 30.6 Å². The van der Waals surface area contributed by atoms with Crippen LogP contribution in [0.3, 0.4) is 0 Å². The number of hydrogen-bond acceptors (Lipinski definition) is 7. The molecule has 1 rings (SSSR count). The summed E-state index contributed by atoms with van der Waals surface area (Å²) in [7, 11) is 0. The molecule has 7 heteroatoms. The zero-order chi connectivity index (χ0) is 15.9. The molecule has 0 radical (unpaired) electrons. The van der Waals surface area contributed by atoms with Crippen LogP contribution < -0.4 is 0 Å². The van der Waals surface area contributed by atoms with Crippen LogP contribution >= 0.6 is 0 Å². The summed E-state index contributed by atoms with van der Waals surface area (Å²) < 4.78 is 0. The minimum Gasteiger partial charge on any atom is -0.295 e. The van der Waals surface area contributed by atoms with Crippen LogP contribution in [0.4, 0.5) is 0 Å². The number of allylic oxidation sites excluding steroid dienone is 2. The van der Waals surface area contributed by atoms with Crippen molar-refractivity contribution in [3.05, 3.63) is 11.6 Å². The molecular formula is C12H17N3O4. The number of isocyanates is 3. The molecule has 0 aromatic heterocycles. The molecule has 19 heavy (non-hydrogen) atoms. The maximum Gasteiger partial charge on any atom is 0.231 e. The van der Waals surface area contributed by atoms with Gasteiger partial charge in [-0.3, -0.25) is 4.79 Å². The van der Waals surface area contributed by atoms with Gasteiger partial charge in [0.1, 0.15) is 0 Å². The number of rotatable bonds is 0.